The van der Waals surface area contributed by atoms with E-state index in [4.69, 9.17) is 11.6 Å². The zero-order valence-electron chi connectivity index (χ0n) is 9.88. The summed E-state index contributed by atoms with van der Waals surface area (Å²) >= 11 is 6.06. The number of rotatable bonds is 2. The first-order valence-electron chi connectivity index (χ1n) is 5.98. The molecule has 1 heterocycles. The average molecular weight is 278 g/mol. The first-order chi connectivity index (χ1) is 8.45. The van der Waals surface area contributed by atoms with E-state index in [0.29, 0.717) is 12.1 Å². The van der Waals surface area contributed by atoms with Crippen LogP contribution in [0.5, 0.6) is 0 Å². The van der Waals surface area contributed by atoms with Gasteiger partial charge in [0.25, 0.3) is 0 Å². The Labute approximate surface area is 110 Å². The van der Waals surface area contributed by atoms with E-state index in [1.54, 1.807) is 6.07 Å². The minimum Gasteiger partial charge on any atom is -0.298 e. The summed E-state index contributed by atoms with van der Waals surface area (Å²) in [5, 5.41) is 0.115. The van der Waals surface area contributed by atoms with Gasteiger partial charge in [0.05, 0.1) is 5.56 Å². The van der Waals surface area contributed by atoms with E-state index in [1.165, 1.54) is 12.1 Å². The Balaban J connectivity index is 2.05. The van der Waals surface area contributed by atoms with Crippen molar-refractivity contribution in [2.24, 2.45) is 0 Å². The second kappa shape index (κ2) is 5.49. The number of halogens is 4. The molecule has 1 aromatic rings. The van der Waals surface area contributed by atoms with E-state index >= 15 is 0 Å². The Hall–Kier alpha value is -0.740. The topological polar surface area (TPSA) is 3.24 Å². The lowest BCUT2D eigenvalue weighted by Crippen LogP contribution is -2.35. The van der Waals surface area contributed by atoms with Crippen LogP contribution in [0.2, 0.25) is 0 Å². The van der Waals surface area contributed by atoms with Gasteiger partial charge in [-0.25, -0.2) is 0 Å². The van der Waals surface area contributed by atoms with E-state index in [1.807, 2.05) is 0 Å². The van der Waals surface area contributed by atoms with Crippen molar-refractivity contribution < 1.29 is 13.2 Å². The predicted octanol–water partition coefficient (Wildman–Crippen LogP) is 3.91. The third kappa shape index (κ3) is 3.62. The van der Waals surface area contributed by atoms with Crippen molar-refractivity contribution in [1.82, 2.24) is 4.90 Å². The van der Waals surface area contributed by atoms with Gasteiger partial charge < -0.3 is 0 Å². The summed E-state index contributed by atoms with van der Waals surface area (Å²) in [4.78, 5) is 2.11. The fourth-order valence-electron chi connectivity index (χ4n) is 2.25. The molecule has 1 aliphatic heterocycles. The van der Waals surface area contributed by atoms with Gasteiger partial charge in [-0.3, -0.25) is 4.90 Å². The maximum atomic E-state index is 12.6. The van der Waals surface area contributed by atoms with Crippen molar-refractivity contribution >= 4 is 11.6 Å². The van der Waals surface area contributed by atoms with Gasteiger partial charge in [0, 0.05) is 18.5 Å². The minimum atomic E-state index is -4.27. The van der Waals surface area contributed by atoms with Crippen LogP contribution in [0.25, 0.3) is 0 Å². The van der Waals surface area contributed by atoms with Crippen LogP contribution in [0, 0.1) is 0 Å². The van der Waals surface area contributed by atoms with Crippen LogP contribution in [0.4, 0.5) is 13.2 Å². The first kappa shape index (κ1) is 13.7. The van der Waals surface area contributed by atoms with Crippen LogP contribution in [-0.2, 0) is 12.7 Å². The fourth-order valence-corrected chi connectivity index (χ4v) is 2.60. The van der Waals surface area contributed by atoms with Gasteiger partial charge in [-0.15, -0.1) is 11.6 Å². The number of hydrogen-bond donors (Lipinski definition) is 0. The normalized spacial score (nSPS) is 22.1. The summed E-state index contributed by atoms with van der Waals surface area (Å²) in [6, 6.07) is 5.51. The largest absolute Gasteiger partial charge is 0.416 e. The van der Waals surface area contributed by atoms with E-state index in [9.17, 15) is 13.2 Å². The van der Waals surface area contributed by atoms with Crippen molar-refractivity contribution in [1.29, 1.82) is 0 Å². The molecule has 5 heteroatoms. The molecular formula is C13H15ClF3N. The van der Waals surface area contributed by atoms with Crippen molar-refractivity contribution in [2.75, 3.05) is 13.1 Å². The Morgan fingerprint density at radius 3 is 2.78 bits per heavy atom. The molecule has 2 rings (SSSR count). The van der Waals surface area contributed by atoms with Crippen LogP contribution in [0.1, 0.15) is 24.0 Å². The SMILES string of the molecule is FC(F)(F)c1cccc(CN2CCCC(Cl)C2)c1. The molecular weight excluding hydrogens is 263 g/mol. The van der Waals surface area contributed by atoms with Crippen LogP contribution in [-0.4, -0.2) is 23.4 Å². The van der Waals surface area contributed by atoms with Gasteiger partial charge >= 0.3 is 6.18 Å². The summed E-state index contributed by atoms with van der Waals surface area (Å²) in [6.07, 6.45) is -2.28. The molecule has 0 spiro atoms. The highest BCUT2D eigenvalue weighted by molar-refractivity contribution is 6.20. The highest BCUT2D eigenvalue weighted by Crippen LogP contribution is 2.30. The monoisotopic (exact) mass is 277 g/mol. The summed E-state index contributed by atoms with van der Waals surface area (Å²) in [5.41, 5.74) is 0.107. The molecule has 0 amide bonds. The molecule has 0 saturated carbocycles. The molecule has 1 aromatic carbocycles. The van der Waals surface area contributed by atoms with E-state index in [0.717, 1.165) is 32.0 Å². The molecule has 0 bridgehead atoms. The van der Waals surface area contributed by atoms with Crippen molar-refractivity contribution in [3.63, 3.8) is 0 Å². The maximum absolute atomic E-state index is 12.6. The predicted molar refractivity (Wildman–Crippen MR) is 65.6 cm³/mol. The van der Waals surface area contributed by atoms with Gasteiger partial charge in [-0.2, -0.15) is 13.2 Å². The molecule has 1 saturated heterocycles. The molecule has 0 aromatic heterocycles. The minimum absolute atomic E-state index is 0.115. The number of likely N-dealkylation sites (tertiary alicyclic amines) is 1. The molecule has 1 unspecified atom stereocenters. The van der Waals surface area contributed by atoms with Crippen molar-refractivity contribution in [3.8, 4) is 0 Å². The summed E-state index contributed by atoms with van der Waals surface area (Å²) in [6.45, 7) is 2.18. The third-order valence-corrected chi connectivity index (χ3v) is 3.46. The fraction of sp³-hybridized carbons (Fsp3) is 0.538. The lowest BCUT2D eigenvalue weighted by molar-refractivity contribution is -0.137. The van der Waals surface area contributed by atoms with E-state index in [2.05, 4.69) is 4.90 Å². The van der Waals surface area contributed by atoms with Crippen LogP contribution in [0.15, 0.2) is 24.3 Å². The standard InChI is InChI=1S/C13H15ClF3N/c14-12-5-2-6-18(9-12)8-10-3-1-4-11(7-10)13(15,16)17/h1,3-4,7,12H,2,5-6,8-9H2. The molecule has 1 aliphatic rings. The van der Waals surface area contributed by atoms with Gasteiger partial charge in [-0.05, 0) is 31.0 Å². The lowest BCUT2D eigenvalue weighted by Gasteiger charge is -2.29. The van der Waals surface area contributed by atoms with Gasteiger partial charge in [0.2, 0.25) is 0 Å². The maximum Gasteiger partial charge on any atom is 0.416 e. The molecule has 0 N–H and O–H groups in total. The first-order valence-corrected chi connectivity index (χ1v) is 6.41. The highest BCUT2D eigenvalue weighted by Gasteiger charge is 2.30. The quantitative estimate of drug-likeness (QED) is 0.741. The number of alkyl halides is 4. The molecule has 100 valence electrons. The summed E-state index contributed by atoms with van der Waals surface area (Å²) < 4.78 is 37.7. The van der Waals surface area contributed by atoms with Crippen molar-refractivity contribution in [2.45, 2.75) is 30.9 Å². The average Bonchev–Trinajstić information content (AvgIpc) is 2.28. The zero-order valence-corrected chi connectivity index (χ0v) is 10.6. The highest BCUT2D eigenvalue weighted by atomic mass is 35.5. The van der Waals surface area contributed by atoms with E-state index < -0.39 is 11.7 Å². The molecule has 0 radical (unpaired) electrons. The lowest BCUT2D eigenvalue weighted by atomic mass is 10.1. The van der Waals surface area contributed by atoms with E-state index in [-0.39, 0.29) is 5.38 Å². The number of nitrogens with zero attached hydrogens (tertiary/aromatic N) is 1. The third-order valence-electron chi connectivity index (χ3n) is 3.11. The number of piperidine rings is 1. The Bertz CT molecular complexity index is 405. The smallest absolute Gasteiger partial charge is 0.298 e. The van der Waals surface area contributed by atoms with Gasteiger partial charge in [0.1, 0.15) is 0 Å². The Morgan fingerprint density at radius 2 is 2.11 bits per heavy atom. The molecule has 1 fully saturated rings. The molecule has 1 nitrogen and oxygen atoms in total. The molecule has 1 atom stereocenters. The number of hydrogen-bond acceptors (Lipinski definition) is 1. The number of benzene rings is 1. The zero-order chi connectivity index (χ0) is 13.2. The van der Waals surface area contributed by atoms with Crippen molar-refractivity contribution in [3.05, 3.63) is 35.4 Å². The van der Waals surface area contributed by atoms with Crippen LogP contribution < -0.4 is 0 Å². The van der Waals surface area contributed by atoms with Crippen LogP contribution in [0.3, 0.4) is 0 Å². The second-order valence-corrected chi connectivity index (χ2v) is 5.29. The Morgan fingerprint density at radius 1 is 1.33 bits per heavy atom. The second-order valence-electron chi connectivity index (χ2n) is 4.67. The summed E-state index contributed by atoms with van der Waals surface area (Å²) in [5.74, 6) is 0. The Kier molecular flexibility index (Phi) is 4.17. The van der Waals surface area contributed by atoms with Crippen LogP contribution >= 0.6 is 11.6 Å². The van der Waals surface area contributed by atoms with Gasteiger partial charge in [-0.1, -0.05) is 18.2 Å². The molecule has 18 heavy (non-hydrogen) atoms. The summed E-state index contributed by atoms with van der Waals surface area (Å²) in [7, 11) is 0. The molecule has 0 aliphatic carbocycles. The van der Waals surface area contributed by atoms with Gasteiger partial charge in [0.15, 0.2) is 0 Å².